The zero-order chi connectivity index (χ0) is 27.0. The maximum Gasteiger partial charge on any atom is 0.331 e. The zero-order valence-corrected chi connectivity index (χ0v) is 23.1. The molecular weight excluding hydrogens is 464 g/mol. The van der Waals surface area contributed by atoms with Crippen molar-refractivity contribution >= 4 is 28.0 Å². The van der Waals surface area contributed by atoms with Crippen molar-refractivity contribution in [1.82, 2.24) is 0 Å². The summed E-state index contributed by atoms with van der Waals surface area (Å²) in [5.41, 5.74) is -0.523. The first-order valence-corrected chi connectivity index (χ1v) is 13.0. The summed E-state index contributed by atoms with van der Waals surface area (Å²) >= 11 is 0. The highest BCUT2D eigenvalue weighted by Crippen LogP contribution is 2.30. The van der Waals surface area contributed by atoms with Gasteiger partial charge < -0.3 is 14.2 Å². The van der Waals surface area contributed by atoms with Gasteiger partial charge in [0.05, 0.1) is 32.7 Å². The van der Waals surface area contributed by atoms with Gasteiger partial charge in [0.25, 0.3) is 10.1 Å². The Morgan fingerprint density at radius 1 is 0.618 bits per heavy atom. The number of hydrogen-bond acceptors (Lipinski definition) is 8. The fourth-order valence-corrected chi connectivity index (χ4v) is 3.46. The molecule has 0 rings (SSSR count). The molecule has 0 aliphatic carbocycles. The van der Waals surface area contributed by atoms with Crippen LogP contribution in [0.3, 0.4) is 0 Å². The van der Waals surface area contributed by atoms with E-state index in [2.05, 4.69) is 0 Å². The Bertz CT molecular complexity index is 760. The van der Waals surface area contributed by atoms with Crippen molar-refractivity contribution in [3.63, 3.8) is 0 Å². The van der Waals surface area contributed by atoms with Gasteiger partial charge in [0.1, 0.15) is 0 Å². The average molecular weight is 509 g/mol. The second-order valence-electron chi connectivity index (χ2n) is 12.3. The molecule has 0 amide bonds. The van der Waals surface area contributed by atoms with E-state index in [4.69, 9.17) is 14.2 Å². The number of ether oxygens (including phenoxy) is 3. The summed E-state index contributed by atoms with van der Waals surface area (Å²) in [5.74, 6) is -3.48. The van der Waals surface area contributed by atoms with Crippen LogP contribution >= 0.6 is 0 Å². The molecule has 34 heavy (non-hydrogen) atoms. The van der Waals surface area contributed by atoms with E-state index in [1.165, 1.54) is 0 Å². The standard InChI is InChI=1S/C24H44O9S/c1-21(2,3)10-13-31-18(25)16-24(34(28,29)30,20(27)33-15-12-23(7,8)9)17-19(26)32-14-11-22(4,5)6/h10-17H2,1-9H3,(H,28,29,30). The average Bonchev–Trinajstić information content (AvgIpc) is 2.56. The predicted octanol–water partition coefficient (Wildman–Crippen LogP) is 4.33. The molecule has 0 heterocycles. The monoisotopic (exact) mass is 508 g/mol. The minimum Gasteiger partial charge on any atom is -0.466 e. The molecule has 0 fully saturated rings. The molecule has 200 valence electrons. The van der Waals surface area contributed by atoms with Gasteiger partial charge in [-0.1, -0.05) is 62.3 Å². The largest absolute Gasteiger partial charge is 0.466 e. The summed E-state index contributed by atoms with van der Waals surface area (Å²) in [6, 6.07) is 0. The molecule has 0 aromatic rings. The van der Waals surface area contributed by atoms with Crippen molar-refractivity contribution in [2.45, 2.75) is 99.2 Å². The first-order chi connectivity index (χ1) is 15.1. The Hall–Kier alpha value is -1.68. The van der Waals surface area contributed by atoms with E-state index in [0.29, 0.717) is 19.3 Å². The van der Waals surface area contributed by atoms with Gasteiger partial charge in [-0.2, -0.15) is 8.42 Å². The number of esters is 3. The smallest absolute Gasteiger partial charge is 0.331 e. The molecule has 0 spiro atoms. The third kappa shape index (κ3) is 13.3. The van der Waals surface area contributed by atoms with Crippen molar-refractivity contribution in [3.05, 3.63) is 0 Å². The molecule has 0 aromatic heterocycles. The van der Waals surface area contributed by atoms with Crippen LogP contribution in [0.5, 0.6) is 0 Å². The van der Waals surface area contributed by atoms with Crippen LogP contribution in [0.15, 0.2) is 0 Å². The van der Waals surface area contributed by atoms with Crippen LogP contribution in [0, 0.1) is 16.2 Å². The van der Waals surface area contributed by atoms with E-state index in [1.807, 2.05) is 62.3 Å². The molecule has 0 aliphatic rings. The van der Waals surface area contributed by atoms with Crippen LogP contribution in [0.2, 0.25) is 0 Å². The molecule has 0 atom stereocenters. The molecule has 0 aliphatic heterocycles. The molecule has 0 radical (unpaired) electrons. The molecule has 0 unspecified atom stereocenters. The van der Waals surface area contributed by atoms with Crippen molar-refractivity contribution < 1.29 is 41.6 Å². The van der Waals surface area contributed by atoms with Crippen LogP contribution in [-0.2, 0) is 38.7 Å². The Balaban J connectivity index is 5.77. The van der Waals surface area contributed by atoms with Gasteiger partial charge >= 0.3 is 17.9 Å². The number of carbonyl (C=O) groups excluding carboxylic acids is 3. The van der Waals surface area contributed by atoms with Gasteiger partial charge in [-0.3, -0.25) is 18.9 Å². The summed E-state index contributed by atoms with van der Waals surface area (Å²) in [6.45, 7) is 17.1. The first-order valence-electron chi connectivity index (χ1n) is 11.5. The second-order valence-corrected chi connectivity index (χ2v) is 14.1. The van der Waals surface area contributed by atoms with Gasteiger partial charge in [-0.15, -0.1) is 0 Å². The lowest BCUT2D eigenvalue weighted by atomic mass is 9.93. The maximum atomic E-state index is 13.0. The number of carbonyl (C=O) groups is 3. The maximum absolute atomic E-state index is 13.0. The molecule has 9 nitrogen and oxygen atoms in total. The van der Waals surface area contributed by atoms with Crippen molar-refractivity contribution in [3.8, 4) is 0 Å². The van der Waals surface area contributed by atoms with E-state index in [9.17, 15) is 27.4 Å². The van der Waals surface area contributed by atoms with Crippen LogP contribution < -0.4 is 0 Å². The summed E-state index contributed by atoms with van der Waals surface area (Å²) in [4.78, 5) is 38.0. The highest BCUT2D eigenvalue weighted by atomic mass is 32.2. The SMILES string of the molecule is CC(C)(C)CCOC(=O)CC(CC(=O)OCCC(C)(C)C)(C(=O)OCCC(C)(C)C)S(=O)(=O)O. The highest BCUT2D eigenvalue weighted by Gasteiger charge is 2.56. The van der Waals surface area contributed by atoms with Gasteiger partial charge in [0.2, 0.25) is 4.75 Å². The van der Waals surface area contributed by atoms with Gasteiger partial charge in [-0.05, 0) is 35.5 Å². The summed E-state index contributed by atoms with van der Waals surface area (Å²) in [7, 11) is -5.26. The lowest BCUT2D eigenvalue weighted by Gasteiger charge is -2.28. The minimum atomic E-state index is -5.26. The van der Waals surface area contributed by atoms with E-state index in [-0.39, 0.29) is 36.1 Å². The summed E-state index contributed by atoms with van der Waals surface area (Å²) in [6.07, 6.45) is -0.769. The second kappa shape index (κ2) is 12.3. The normalized spacial score (nSPS) is 13.4. The minimum absolute atomic E-state index is 0.0149. The van der Waals surface area contributed by atoms with Crippen LogP contribution in [0.1, 0.15) is 94.4 Å². The quantitative estimate of drug-likeness (QED) is 0.232. The number of rotatable bonds is 12. The van der Waals surface area contributed by atoms with Crippen molar-refractivity contribution in [1.29, 1.82) is 0 Å². The van der Waals surface area contributed by atoms with Crippen LogP contribution in [0.25, 0.3) is 0 Å². The third-order valence-corrected chi connectivity index (χ3v) is 6.48. The molecule has 0 aromatic carbocycles. The van der Waals surface area contributed by atoms with Crippen molar-refractivity contribution in [2.24, 2.45) is 16.2 Å². The predicted molar refractivity (Wildman–Crippen MR) is 129 cm³/mol. The molecule has 0 saturated heterocycles. The summed E-state index contributed by atoms with van der Waals surface area (Å²) < 4.78 is 47.4. The Kier molecular flexibility index (Phi) is 11.7. The molecule has 0 bridgehead atoms. The lowest BCUT2D eigenvalue weighted by molar-refractivity contribution is -0.158. The van der Waals surface area contributed by atoms with E-state index < -0.39 is 45.6 Å². The third-order valence-electron chi connectivity index (χ3n) is 5.04. The Labute approximate surface area is 205 Å². The van der Waals surface area contributed by atoms with Crippen LogP contribution in [0.4, 0.5) is 0 Å². The molecule has 1 N–H and O–H groups in total. The fourth-order valence-electron chi connectivity index (χ4n) is 2.59. The Morgan fingerprint density at radius 3 is 1.18 bits per heavy atom. The van der Waals surface area contributed by atoms with Crippen LogP contribution in [-0.4, -0.2) is 55.4 Å². The van der Waals surface area contributed by atoms with Gasteiger partial charge in [-0.25, -0.2) is 0 Å². The number of hydrogen-bond donors (Lipinski definition) is 1. The first kappa shape index (κ1) is 32.3. The summed E-state index contributed by atoms with van der Waals surface area (Å²) in [5, 5.41) is 0. The highest BCUT2D eigenvalue weighted by molar-refractivity contribution is 7.88. The fraction of sp³-hybridized carbons (Fsp3) is 0.875. The lowest BCUT2D eigenvalue weighted by Crippen LogP contribution is -2.51. The molecule has 0 saturated carbocycles. The van der Waals surface area contributed by atoms with E-state index in [1.54, 1.807) is 0 Å². The zero-order valence-electron chi connectivity index (χ0n) is 22.3. The van der Waals surface area contributed by atoms with E-state index in [0.717, 1.165) is 0 Å². The molecule has 10 heteroatoms. The topological polar surface area (TPSA) is 133 Å². The van der Waals surface area contributed by atoms with Gasteiger partial charge in [0.15, 0.2) is 0 Å². The molecular formula is C24H44O9S. The van der Waals surface area contributed by atoms with E-state index >= 15 is 0 Å². The van der Waals surface area contributed by atoms with Gasteiger partial charge in [0, 0.05) is 0 Å². The van der Waals surface area contributed by atoms with Crippen molar-refractivity contribution in [2.75, 3.05) is 19.8 Å². The Morgan fingerprint density at radius 2 is 0.912 bits per heavy atom.